The summed E-state index contributed by atoms with van der Waals surface area (Å²) < 4.78 is 4.83. The highest BCUT2D eigenvalue weighted by atomic mass is 32.2. The van der Waals surface area contributed by atoms with Crippen LogP contribution in [0.2, 0.25) is 0 Å². The number of ether oxygens (including phenoxy) is 1. The molecule has 0 fully saturated rings. The zero-order valence-corrected chi connectivity index (χ0v) is 11.1. The van der Waals surface area contributed by atoms with Gasteiger partial charge in [-0.15, -0.1) is 0 Å². The summed E-state index contributed by atoms with van der Waals surface area (Å²) in [6, 6.07) is 0. The molecule has 0 aliphatic rings. The Morgan fingerprint density at radius 3 is 2.53 bits per heavy atom. The maximum Gasteiger partial charge on any atom is 0.326 e. The van der Waals surface area contributed by atoms with E-state index in [1.165, 1.54) is 7.11 Å². The van der Waals surface area contributed by atoms with Gasteiger partial charge in [0.15, 0.2) is 0 Å². The van der Waals surface area contributed by atoms with E-state index in [1.807, 2.05) is 6.92 Å². The van der Waals surface area contributed by atoms with E-state index < -0.39 is 5.54 Å². The highest BCUT2D eigenvalue weighted by Crippen LogP contribution is 2.15. The van der Waals surface area contributed by atoms with Gasteiger partial charge in [0.2, 0.25) is 0 Å². The highest BCUT2D eigenvalue weighted by molar-refractivity contribution is 7.99. The zero-order chi connectivity index (χ0) is 11.7. The van der Waals surface area contributed by atoms with Crippen LogP contribution in [0, 0.1) is 0 Å². The Bertz CT molecular complexity index is 187. The van der Waals surface area contributed by atoms with Crippen LogP contribution in [0.3, 0.4) is 0 Å². The lowest BCUT2D eigenvalue weighted by molar-refractivity contribution is -0.146. The minimum atomic E-state index is -0.537. The number of nitrogens with one attached hydrogen (secondary N) is 1. The van der Waals surface area contributed by atoms with E-state index in [-0.39, 0.29) is 5.97 Å². The van der Waals surface area contributed by atoms with Crippen LogP contribution < -0.4 is 5.32 Å². The standard InChI is InChI=1S/C11H23NO2S/c1-5-7-12-11(3,10(13)14-4)9-15-8-6-2/h12H,5-9H2,1-4H3. The molecule has 0 aliphatic heterocycles. The Morgan fingerprint density at radius 1 is 1.40 bits per heavy atom. The van der Waals surface area contributed by atoms with Crippen LogP contribution >= 0.6 is 11.8 Å². The SMILES string of the molecule is CCCNC(C)(CSCCC)C(=O)OC. The molecule has 0 amide bonds. The molecule has 1 unspecified atom stereocenters. The quantitative estimate of drug-likeness (QED) is 0.514. The molecular formula is C11H23NO2S. The van der Waals surface area contributed by atoms with Gasteiger partial charge in [-0.25, -0.2) is 0 Å². The highest BCUT2D eigenvalue weighted by Gasteiger charge is 2.33. The first-order chi connectivity index (χ1) is 7.10. The fourth-order valence-electron chi connectivity index (χ4n) is 1.23. The average molecular weight is 233 g/mol. The van der Waals surface area contributed by atoms with Crippen LogP contribution in [-0.4, -0.2) is 36.7 Å². The molecule has 0 spiro atoms. The molecule has 0 aromatic rings. The van der Waals surface area contributed by atoms with Crippen molar-refractivity contribution in [1.29, 1.82) is 0 Å². The van der Waals surface area contributed by atoms with E-state index >= 15 is 0 Å². The smallest absolute Gasteiger partial charge is 0.326 e. The molecule has 3 nitrogen and oxygen atoms in total. The van der Waals surface area contributed by atoms with Gasteiger partial charge < -0.3 is 10.1 Å². The minimum Gasteiger partial charge on any atom is -0.468 e. The van der Waals surface area contributed by atoms with Gasteiger partial charge in [0.25, 0.3) is 0 Å². The molecule has 0 saturated heterocycles. The van der Waals surface area contributed by atoms with Crippen LogP contribution in [0.15, 0.2) is 0 Å². The first-order valence-electron chi connectivity index (χ1n) is 5.52. The summed E-state index contributed by atoms with van der Waals surface area (Å²) in [5, 5.41) is 3.26. The van der Waals surface area contributed by atoms with Gasteiger partial charge in [-0.3, -0.25) is 4.79 Å². The molecule has 1 atom stereocenters. The second-order valence-electron chi connectivity index (χ2n) is 3.80. The Hall–Kier alpha value is -0.220. The molecule has 0 aliphatic carbocycles. The molecule has 0 radical (unpaired) electrons. The maximum atomic E-state index is 11.6. The summed E-state index contributed by atoms with van der Waals surface area (Å²) in [5.41, 5.74) is -0.537. The number of hydrogen-bond donors (Lipinski definition) is 1. The molecule has 0 aromatic carbocycles. The number of hydrogen-bond acceptors (Lipinski definition) is 4. The van der Waals surface area contributed by atoms with Crippen molar-refractivity contribution in [1.82, 2.24) is 5.32 Å². The van der Waals surface area contributed by atoms with E-state index in [2.05, 4.69) is 19.2 Å². The van der Waals surface area contributed by atoms with Crippen molar-refractivity contribution in [3.8, 4) is 0 Å². The second-order valence-corrected chi connectivity index (χ2v) is 4.91. The van der Waals surface area contributed by atoms with Crippen LogP contribution in [0.1, 0.15) is 33.6 Å². The Labute approximate surface area is 97.3 Å². The van der Waals surface area contributed by atoms with Gasteiger partial charge in [-0.05, 0) is 32.1 Å². The van der Waals surface area contributed by atoms with Crippen molar-refractivity contribution in [2.45, 2.75) is 39.2 Å². The van der Waals surface area contributed by atoms with Crippen LogP contribution in [0.25, 0.3) is 0 Å². The van der Waals surface area contributed by atoms with Gasteiger partial charge >= 0.3 is 5.97 Å². The van der Waals surface area contributed by atoms with Crippen molar-refractivity contribution in [2.24, 2.45) is 0 Å². The first-order valence-corrected chi connectivity index (χ1v) is 6.67. The lowest BCUT2D eigenvalue weighted by Gasteiger charge is -2.27. The normalized spacial score (nSPS) is 14.7. The first kappa shape index (κ1) is 14.8. The third kappa shape index (κ3) is 5.42. The number of thioether (sulfide) groups is 1. The van der Waals surface area contributed by atoms with Gasteiger partial charge in [0.05, 0.1) is 7.11 Å². The maximum absolute atomic E-state index is 11.6. The summed E-state index contributed by atoms with van der Waals surface area (Å²) >= 11 is 1.79. The molecule has 0 saturated carbocycles. The summed E-state index contributed by atoms with van der Waals surface area (Å²) in [7, 11) is 1.44. The molecular weight excluding hydrogens is 210 g/mol. The summed E-state index contributed by atoms with van der Waals surface area (Å²) in [4.78, 5) is 11.6. The Kier molecular flexibility index (Phi) is 7.88. The van der Waals surface area contributed by atoms with Gasteiger partial charge in [-0.1, -0.05) is 13.8 Å². The molecule has 1 N–H and O–H groups in total. The molecule has 0 bridgehead atoms. The Morgan fingerprint density at radius 2 is 2.07 bits per heavy atom. The van der Waals surface area contributed by atoms with Gasteiger partial charge in [-0.2, -0.15) is 11.8 Å². The lowest BCUT2D eigenvalue weighted by Crippen LogP contribution is -2.52. The topological polar surface area (TPSA) is 38.3 Å². The second kappa shape index (κ2) is 7.99. The van der Waals surface area contributed by atoms with Crippen molar-refractivity contribution < 1.29 is 9.53 Å². The minimum absolute atomic E-state index is 0.167. The Balaban J connectivity index is 4.20. The van der Waals surface area contributed by atoms with Gasteiger partial charge in [0.1, 0.15) is 5.54 Å². The van der Waals surface area contributed by atoms with Crippen LogP contribution in [-0.2, 0) is 9.53 Å². The van der Waals surface area contributed by atoms with Crippen molar-refractivity contribution in [3.05, 3.63) is 0 Å². The van der Waals surface area contributed by atoms with Crippen LogP contribution in [0.4, 0.5) is 0 Å². The number of esters is 1. The number of methoxy groups -OCH3 is 1. The monoisotopic (exact) mass is 233 g/mol. The third-order valence-corrected chi connectivity index (χ3v) is 3.62. The van der Waals surface area contributed by atoms with Crippen LogP contribution in [0.5, 0.6) is 0 Å². The van der Waals surface area contributed by atoms with E-state index in [0.29, 0.717) is 0 Å². The van der Waals surface area contributed by atoms with Crippen molar-refractivity contribution in [3.63, 3.8) is 0 Å². The summed E-state index contributed by atoms with van der Waals surface area (Å²) in [6.45, 7) is 6.99. The molecule has 90 valence electrons. The van der Waals surface area contributed by atoms with E-state index in [9.17, 15) is 4.79 Å². The van der Waals surface area contributed by atoms with E-state index in [4.69, 9.17) is 4.74 Å². The molecule has 15 heavy (non-hydrogen) atoms. The molecule has 0 heterocycles. The predicted molar refractivity (Wildman–Crippen MR) is 66.3 cm³/mol. The average Bonchev–Trinajstić information content (AvgIpc) is 2.25. The predicted octanol–water partition coefficient (Wildman–Crippen LogP) is 2.06. The third-order valence-electron chi connectivity index (χ3n) is 2.14. The summed E-state index contributed by atoms with van der Waals surface area (Å²) in [5.74, 6) is 1.69. The number of carbonyl (C=O) groups excluding carboxylic acids is 1. The fourth-order valence-corrected chi connectivity index (χ4v) is 2.29. The van der Waals surface area contributed by atoms with Gasteiger partial charge in [0, 0.05) is 5.75 Å². The fraction of sp³-hybridized carbons (Fsp3) is 0.909. The van der Waals surface area contributed by atoms with Crippen molar-refractivity contribution in [2.75, 3.05) is 25.2 Å². The van der Waals surface area contributed by atoms with E-state index in [0.717, 1.165) is 30.9 Å². The number of carbonyl (C=O) groups is 1. The number of rotatable bonds is 8. The summed E-state index contributed by atoms with van der Waals surface area (Å²) in [6.07, 6.45) is 2.15. The molecule has 0 aromatic heterocycles. The molecule has 4 heteroatoms. The largest absolute Gasteiger partial charge is 0.468 e. The van der Waals surface area contributed by atoms with Crippen molar-refractivity contribution >= 4 is 17.7 Å². The van der Waals surface area contributed by atoms with E-state index in [1.54, 1.807) is 11.8 Å². The zero-order valence-electron chi connectivity index (χ0n) is 10.3. The lowest BCUT2D eigenvalue weighted by atomic mass is 10.1. The molecule has 0 rings (SSSR count).